The number of likely N-dealkylation sites (N-methyl/N-ethyl adjacent to an activating group) is 1. The number of pyridine rings is 1. The number of carbonyl (C=O) groups excluding carboxylic acids is 3. The number of rotatable bonds is 32. The van der Waals surface area contributed by atoms with Crippen LogP contribution in [0.25, 0.3) is 0 Å². The predicted octanol–water partition coefficient (Wildman–Crippen LogP) is 2.20. The minimum atomic E-state index is -1.23. The van der Waals surface area contributed by atoms with Gasteiger partial charge >= 0.3 is 40.2 Å². The number of hydrogen-bond donors (Lipinski definition) is 2. The second kappa shape index (κ2) is 31.4. The van der Waals surface area contributed by atoms with Gasteiger partial charge in [0.15, 0.2) is 5.82 Å². The number of thiophene rings is 1. The Morgan fingerprint density at radius 3 is 2.16 bits per heavy atom. The summed E-state index contributed by atoms with van der Waals surface area (Å²) in [5.41, 5.74) is -0.283. The number of nitriles is 1. The van der Waals surface area contributed by atoms with E-state index >= 15 is 0 Å². The smallest absolute Gasteiger partial charge is 0.550 e. The number of nitrogens with one attached hydrogen (secondary N) is 2. The first-order valence-corrected chi connectivity index (χ1v) is 20.4. The Labute approximate surface area is 380 Å². The first-order valence-electron chi connectivity index (χ1n) is 19.6. The number of ether oxygens (including phenoxy) is 4. The van der Waals surface area contributed by atoms with Crippen LogP contribution in [0, 0.1) is 44.4 Å². The number of nitro groups is 2. The number of unbranched alkanes of at least 4 members (excludes halogenated alkanes) is 3. The third-order valence-electron chi connectivity index (χ3n) is 8.52. The molecule has 0 aliphatic carbocycles. The van der Waals surface area contributed by atoms with Gasteiger partial charge in [-0.1, -0.05) is 31.9 Å². The number of allylic oxidation sites excluding steroid dienone is 2. The quantitative estimate of drug-likeness (QED) is 0.0266. The molecule has 61 heavy (non-hydrogen) atoms. The third-order valence-corrected chi connectivity index (χ3v) is 9.48. The van der Waals surface area contributed by atoms with Gasteiger partial charge in [-0.2, -0.15) is 5.26 Å². The van der Waals surface area contributed by atoms with E-state index < -0.39 is 38.3 Å². The average molecular weight is 884 g/mol. The van der Waals surface area contributed by atoms with E-state index in [1.165, 1.54) is 6.92 Å². The molecule has 2 aromatic rings. The molecule has 0 saturated heterocycles. The van der Waals surface area contributed by atoms with Crippen LogP contribution in [-0.4, -0.2) is 105 Å². The maximum absolute atomic E-state index is 12.2. The van der Waals surface area contributed by atoms with E-state index in [1.54, 1.807) is 11.8 Å². The fourth-order valence-corrected chi connectivity index (χ4v) is 6.13. The Morgan fingerprint density at radius 2 is 1.61 bits per heavy atom. The van der Waals surface area contributed by atoms with Crippen LogP contribution in [0.5, 0.6) is 0 Å². The molecular weight excluding hydrogens is 830 g/mol. The molecule has 2 rings (SSSR count). The number of anilines is 2. The molecule has 2 amide bonds. The third kappa shape index (κ3) is 20.8. The van der Waals surface area contributed by atoms with Gasteiger partial charge in [-0.25, -0.2) is 4.98 Å². The summed E-state index contributed by atoms with van der Waals surface area (Å²) in [7, 11) is 0. The number of nitrogens with zero attached hydrogens (tertiary/aromatic N) is 7. The van der Waals surface area contributed by atoms with Gasteiger partial charge in [0.1, 0.15) is 23.6 Å². The largest absolute Gasteiger partial charge is 1.00 e. The van der Waals surface area contributed by atoms with Crippen molar-refractivity contribution in [1.82, 2.24) is 10.3 Å². The fraction of sp³-hybridized carbons (Fsp3) is 0.605. The summed E-state index contributed by atoms with van der Waals surface area (Å²) in [5.74, 6) is -2.76. The second-order valence-electron chi connectivity index (χ2n) is 13.1. The average Bonchev–Trinajstić information content (AvgIpc) is 3.64. The molecule has 2 aromatic heterocycles. The molecule has 0 aromatic carbocycles. The normalized spacial score (nSPS) is 11.6. The molecule has 0 spiro atoms. The number of carbonyl (C=O) groups is 3. The van der Waals surface area contributed by atoms with E-state index in [1.807, 2.05) is 19.1 Å². The monoisotopic (exact) mass is 883 g/mol. The van der Waals surface area contributed by atoms with Crippen molar-refractivity contribution in [3.8, 4) is 6.07 Å². The Morgan fingerprint density at radius 1 is 0.967 bits per heavy atom. The molecule has 2 heterocycles. The zero-order valence-corrected chi connectivity index (χ0v) is 38.3. The van der Waals surface area contributed by atoms with Crippen LogP contribution in [0.4, 0.5) is 33.0 Å². The number of carboxylic acids is 1. The summed E-state index contributed by atoms with van der Waals surface area (Å²) >= 11 is 0.453. The fourth-order valence-electron chi connectivity index (χ4n) is 5.37. The van der Waals surface area contributed by atoms with Gasteiger partial charge in [0, 0.05) is 57.0 Å². The molecular formula is C38H54N9NaO12S. The number of carboxylic acid groups (broad SMARTS) is 1. The van der Waals surface area contributed by atoms with E-state index in [4.69, 9.17) is 18.9 Å². The van der Waals surface area contributed by atoms with Gasteiger partial charge in [0.25, 0.3) is 0 Å². The molecule has 0 radical (unpaired) electrons. The van der Waals surface area contributed by atoms with Gasteiger partial charge in [0.05, 0.1) is 61.7 Å². The molecule has 1 atom stereocenters. The van der Waals surface area contributed by atoms with Crippen molar-refractivity contribution in [2.24, 2.45) is 16.1 Å². The van der Waals surface area contributed by atoms with Crippen molar-refractivity contribution in [2.45, 2.75) is 72.6 Å². The first kappa shape index (κ1) is 54.5. The second-order valence-corrected chi connectivity index (χ2v) is 14.1. The molecule has 1 unspecified atom stereocenters. The van der Waals surface area contributed by atoms with Gasteiger partial charge < -0.3 is 44.4 Å². The summed E-state index contributed by atoms with van der Waals surface area (Å²) in [5, 5.41) is 56.4. The Hall–Kier alpha value is -4.47. The topological polar surface area (TPSA) is 286 Å². The van der Waals surface area contributed by atoms with Crippen LogP contribution in [0.1, 0.15) is 76.8 Å². The zero-order chi connectivity index (χ0) is 44.3. The van der Waals surface area contributed by atoms with Crippen molar-refractivity contribution in [3.63, 3.8) is 0 Å². The van der Waals surface area contributed by atoms with Crippen molar-refractivity contribution in [1.29, 1.82) is 5.26 Å². The SMILES string of the molecule is CCCCC/C=C/CC(CC(=O)NCCCOCCOCCOCCOCCN(CC)c1nc(NC(C)=O)c(N=Nc2sc([N+](=O)[O-])cc2[N+](=O)[O-])c(C)c1C#N)C(=O)[O-].[Na+]. The number of azo groups is 1. The van der Waals surface area contributed by atoms with E-state index in [-0.39, 0.29) is 95.0 Å². The number of hydrogen-bond acceptors (Lipinski definition) is 18. The Balaban J connectivity index is 0.0000186. The molecule has 0 aliphatic rings. The first-order chi connectivity index (χ1) is 28.8. The molecule has 2 N–H and O–H groups in total. The maximum atomic E-state index is 12.2. The summed E-state index contributed by atoms with van der Waals surface area (Å²) in [4.78, 5) is 62.9. The maximum Gasteiger partial charge on any atom is 1.00 e. The molecule has 330 valence electrons. The van der Waals surface area contributed by atoms with Gasteiger partial charge in [-0.15, -0.1) is 10.2 Å². The number of amides is 2. The van der Waals surface area contributed by atoms with Crippen LogP contribution in [0.2, 0.25) is 0 Å². The van der Waals surface area contributed by atoms with E-state index in [9.17, 15) is 45.0 Å². The van der Waals surface area contributed by atoms with E-state index in [0.717, 1.165) is 31.7 Å². The van der Waals surface area contributed by atoms with Crippen LogP contribution in [-0.2, 0) is 33.3 Å². The molecule has 21 nitrogen and oxygen atoms in total. The Bertz CT molecular complexity index is 1820. The predicted molar refractivity (Wildman–Crippen MR) is 220 cm³/mol. The van der Waals surface area contributed by atoms with Crippen LogP contribution in [0.3, 0.4) is 0 Å². The van der Waals surface area contributed by atoms with Crippen LogP contribution >= 0.6 is 11.3 Å². The summed E-state index contributed by atoms with van der Waals surface area (Å²) < 4.78 is 22.3. The van der Waals surface area contributed by atoms with Gasteiger partial charge in [-0.3, -0.25) is 29.8 Å². The standard InChI is InChI=1S/C38H55N9O12S.Na/c1-5-7-8-9-10-11-13-29(38(50)51)24-32(49)40-14-12-16-56-18-20-58-22-23-59-21-19-57-17-15-45(6-2)36-30(26-39)27(3)34(35(42-36)41-28(4)48)43-44-37-31(46(52)53)25-33(60-37)47(54)55;/h10-11,25,29H,5-9,12-24H2,1-4H3,(H,40,49)(H,50,51)(H,41,42,48);/q;+1/p-1/b11-10+,44-43?;. The van der Waals surface area contributed by atoms with Gasteiger partial charge in [-0.05, 0) is 50.9 Å². The molecule has 0 bridgehead atoms. The minimum absolute atomic E-state index is 0. The minimum Gasteiger partial charge on any atom is -0.550 e. The summed E-state index contributed by atoms with van der Waals surface area (Å²) in [6.45, 7) is 10.5. The molecule has 0 fully saturated rings. The Kier molecular flexibility index (Phi) is 28.1. The van der Waals surface area contributed by atoms with Crippen molar-refractivity contribution >= 4 is 62.1 Å². The van der Waals surface area contributed by atoms with Crippen LogP contribution < -0.4 is 50.2 Å². The van der Waals surface area contributed by atoms with E-state index in [2.05, 4.69) is 38.8 Å². The van der Waals surface area contributed by atoms with Gasteiger partial charge in [0.2, 0.25) is 16.8 Å². The van der Waals surface area contributed by atoms with Crippen molar-refractivity contribution in [3.05, 3.63) is 49.6 Å². The molecule has 0 aliphatic heterocycles. The molecule has 23 heteroatoms. The zero-order valence-electron chi connectivity index (χ0n) is 35.5. The van der Waals surface area contributed by atoms with Crippen molar-refractivity contribution < 1.29 is 77.8 Å². The summed E-state index contributed by atoms with van der Waals surface area (Å²) in [6.07, 6.45) is 8.66. The van der Waals surface area contributed by atoms with E-state index in [0.29, 0.717) is 77.0 Å². The number of aromatic nitrogens is 1. The number of aliphatic carboxylic acids is 1. The van der Waals surface area contributed by atoms with Crippen LogP contribution in [0.15, 0.2) is 28.4 Å². The summed E-state index contributed by atoms with van der Waals surface area (Å²) in [6, 6.07) is 2.87. The van der Waals surface area contributed by atoms with Crippen molar-refractivity contribution in [2.75, 3.05) is 82.7 Å². The molecule has 0 saturated carbocycles.